The first-order valence-corrected chi connectivity index (χ1v) is 8.18. The van der Waals surface area contributed by atoms with Crippen LogP contribution in [0.5, 0.6) is 0 Å². The van der Waals surface area contributed by atoms with Crippen LogP contribution in [0.1, 0.15) is 11.1 Å². The summed E-state index contributed by atoms with van der Waals surface area (Å²) in [5, 5.41) is 2.74. The van der Waals surface area contributed by atoms with Crippen molar-refractivity contribution in [2.24, 2.45) is 0 Å². The molecule has 0 radical (unpaired) electrons. The molecule has 0 atom stereocenters. The Morgan fingerprint density at radius 2 is 1.83 bits per heavy atom. The van der Waals surface area contributed by atoms with E-state index in [0.717, 1.165) is 44.8 Å². The molecule has 2 heterocycles. The van der Waals surface area contributed by atoms with Gasteiger partial charge in [0.05, 0.1) is 13.2 Å². The van der Waals surface area contributed by atoms with Crippen LogP contribution in [-0.4, -0.2) is 67.6 Å². The van der Waals surface area contributed by atoms with Crippen molar-refractivity contribution in [3.8, 4) is 0 Å². The van der Waals surface area contributed by atoms with E-state index in [4.69, 9.17) is 4.74 Å². The van der Waals surface area contributed by atoms with Gasteiger partial charge in [-0.2, -0.15) is 0 Å². The van der Waals surface area contributed by atoms with Crippen molar-refractivity contribution < 1.29 is 14.3 Å². The van der Waals surface area contributed by atoms with Gasteiger partial charge in [0.1, 0.15) is 0 Å². The van der Waals surface area contributed by atoms with Crippen LogP contribution < -0.4 is 5.32 Å². The molecule has 2 amide bonds. The van der Waals surface area contributed by atoms with E-state index in [1.165, 1.54) is 5.56 Å². The van der Waals surface area contributed by atoms with Crippen LogP contribution in [0.3, 0.4) is 0 Å². The average molecular weight is 317 g/mol. The van der Waals surface area contributed by atoms with E-state index < -0.39 is 11.8 Å². The number of carbonyl (C=O) groups excluding carboxylic acids is 2. The SMILES string of the molecule is O=C(NCCN1CCOCC1)C(=O)N1CCc2ccccc2C1. The molecule has 1 fully saturated rings. The highest BCUT2D eigenvalue weighted by atomic mass is 16.5. The predicted octanol–water partition coefficient (Wildman–Crippen LogP) is 0.0197. The summed E-state index contributed by atoms with van der Waals surface area (Å²) < 4.78 is 5.28. The number of morpholine rings is 1. The molecule has 1 aromatic rings. The first kappa shape index (κ1) is 16.0. The Morgan fingerprint density at radius 1 is 1.09 bits per heavy atom. The zero-order valence-corrected chi connectivity index (χ0v) is 13.3. The molecule has 0 bridgehead atoms. The van der Waals surface area contributed by atoms with Crippen LogP contribution in [0, 0.1) is 0 Å². The van der Waals surface area contributed by atoms with Crippen molar-refractivity contribution in [3.63, 3.8) is 0 Å². The Morgan fingerprint density at radius 3 is 2.61 bits per heavy atom. The second kappa shape index (κ2) is 7.57. The van der Waals surface area contributed by atoms with Crippen LogP contribution in [0.15, 0.2) is 24.3 Å². The summed E-state index contributed by atoms with van der Waals surface area (Å²) in [6.45, 7) is 5.61. The second-order valence-corrected chi connectivity index (χ2v) is 5.96. The molecule has 6 heteroatoms. The minimum absolute atomic E-state index is 0.429. The number of hydrogen-bond donors (Lipinski definition) is 1. The van der Waals surface area contributed by atoms with Crippen LogP contribution in [0.4, 0.5) is 0 Å². The van der Waals surface area contributed by atoms with Gasteiger partial charge in [-0.05, 0) is 17.5 Å². The fraction of sp³-hybridized carbons (Fsp3) is 0.529. The highest BCUT2D eigenvalue weighted by molar-refractivity contribution is 6.35. The summed E-state index contributed by atoms with van der Waals surface area (Å²) in [6.07, 6.45) is 0.809. The highest BCUT2D eigenvalue weighted by Gasteiger charge is 2.25. The van der Waals surface area contributed by atoms with Gasteiger partial charge in [-0.1, -0.05) is 24.3 Å². The molecule has 1 N–H and O–H groups in total. The minimum Gasteiger partial charge on any atom is -0.379 e. The van der Waals surface area contributed by atoms with E-state index in [0.29, 0.717) is 19.6 Å². The summed E-state index contributed by atoms with van der Waals surface area (Å²) in [4.78, 5) is 28.2. The summed E-state index contributed by atoms with van der Waals surface area (Å²) in [6, 6.07) is 8.08. The predicted molar refractivity (Wildman–Crippen MR) is 85.8 cm³/mol. The van der Waals surface area contributed by atoms with Gasteiger partial charge in [-0.15, -0.1) is 0 Å². The molecule has 0 saturated carbocycles. The molecule has 0 aliphatic carbocycles. The normalized spacial score (nSPS) is 18.3. The Labute approximate surface area is 136 Å². The Hall–Kier alpha value is -1.92. The van der Waals surface area contributed by atoms with Crippen molar-refractivity contribution in [1.29, 1.82) is 0 Å². The van der Waals surface area contributed by atoms with Crippen LogP contribution >= 0.6 is 0 Å². The van der Waals surface area contributed by atoms with Gasteiger partial charge in [0.2, 0.25) is 0 Å². The maximum absolute atomic E-state index is 12.3. The molecule has 0 aromatic heterocycles. The first-order valence-electron chi connectivity index (χ1n) is 8.18. The zero-order chi connectivity index (χ0) is 16.1. The van der Waals surface area contributed by atoms with Gasteiger partial charge in [0, 0.05) is 39.3 Å². The highest BCUT2D eigenvalue weighted by Crippen LogP contribution is 2.18. The molecule has 23 heavy (non-hydrogen) atoms. The van der Waals surface area contributed by atoms with Crippen molar-refractivity contribution in [1.82, 2.24) is 15.1 Å². The molecule has 2 aliphatic heterocycles. The molecule has 0 unspecified atom stereocenters. The fourth-order valence-electron chi connectivity index (χ4n) is 3.04. The number of ether oxygens (including phenoxy) is 1. The molecular weight excluding hydrogens is 294 g/mol. The van der Waals surface area contributed by atoms with Gasteiger partial charge in [-0.3, -0.25) is 14.5 Å². The number of fused-ring (bicyclic) bond motifs is 1. The maximum atomic E-state index is 12.3. The monoisotopic (exact) mass is 317 g/mol. The minimum atomic E-state index is -0.502. The lowest BCUT2D eigenvalue weighted by Gasteiger charge is -2.29. The average Bonchev–Trinajstić information content (AvgIpc) is 2.61. The third kappa shape index (κ3) is 4.09. The smallest absolute Gasteiger partial charge is 0.312 e. The molecule has 1 saturated heterocycles. The first-order chi connectivity index (χ1) is 11.2. The lowest BCUT2D eigenvalue weighted by atomic mass is 10.00. The van der Waals surface area contributed by atoms with Gasteiger partial charge < -0.3 is 15.0 Å². The molecule has 0 spiro atoms. The topological polar surface area (TPSA) is 61.9 Å². The number of carbonyl (C=O) groups is 2. The van der Waals surface area contributed by atoms with Gasteiger partial charge in [0.15, 0.2) is 0 Å². The number of nitrogens with zero attached hydrogens (tertiary/aromatic N) is 2. The third-order valence-corrected chi connectivity index (χ3v) is 4.43. The van der Waals surface area contributed by atoms with Gasteiger partial charge >= 0.3 is 11.8 Å². The summed E-state index contributed by atoms with van der Waals surface area (Å²) in [5.74, 6) is -0.931. The van der Waals surface area contributed by atoms with Gasteiger partial charge in [0.25, 0.3) is 0 Å². The van der Waals surface area contributed by atoms with E-state index in [-0.39, 0.29) is 0 Å². The number of nitrogens with one attached hydrogen (secondary N) is 1. The van der Waals surface area contributed by atoms with Gasteiger partial charge in [-0.25, -0.2) is 0 Å². The van der Waals surface area contributed by atoms with E-state index in [1.54, 1.807) is 4.90 Å². The van der Waals surface area contributed by atoms with E-state index in [9.17, 15) is 9.59 Å². The van der Waals surface area contributed by atoms with Crippen molar-refractivity contribution >= 4 is 11.8 Å². The summed E-state index contributed by atoms with van der Waals surface area (Å²) in [7, 11) is 0. The number of rotatable bonds is 3. The zero-order valence-electron chi connectivity index (χ0n) is 13.3. The van der Waals surface area contributed by atoms with Crippen molar-refractivity contribution in [2.75, 3.05) is 45.9 Å². The number of benzene rings is 1. The van der Waals surface area contributed by atoms with E-state index in [2.05, 4.69) is 16.3 Å². The fourth-order valence-corrected chi connectivity index (χ4v) is 3.04. The van der Waals surface area contributed by atoms with Crippen LogP contribution in [0.2, 0.25) is 0 Å². The largest absolute Gasteiger partial charge is 0.379 e. The van der Waals surface area contributed by atoms with Crippen LogP contribution in [0.25, 0.3) is 0 Å². The summed E-state index contributed by atoms with van der Waals surface area (Å²) in [5.41, 5.74) is 2.40. The Bertz CT molecular complexity index is 570. The molecule has 2 aliphatic rings. The standard InChI is InChI=1S/C17H23N3O3/c21-16(18-6-8-19-9-11-23-12-10-19)17(22)20-7-5-14-3-1-2-4-15(14)13-20/h1-4H,5-13H2,(H,18,21). The van der Waals surface area contributed by atoms with Crippen LogP contribution in [-0.2, 0) is 27.3 Å². The third-order valence-electron chi connectivity index (χ3n) is 4.43. The Balaban J connectivity index is 1.45. The quantitative estimate of drug-likeness (QED) is 0.799. The molecule has 6 nitrogen and oxygen atoms in total. The number of hydrogen-bond acceptors (Lipinski definition) is 4. The molecule has 3 rings (SSSR count). The molecule has 1 aromatic carbocycles. The summed E-state index contributed by atoms with van der Waals surface area (Å²) >= 11 is 0. The maximum Gasteiger partial charge on any atom is 0.312 e. The lowest BCUT2D eigenvalue weighted by molar-refractivity contribution is -0.146. The second-order valence-electron chi connectivity index (χ2n) is 5.96. The Kier molecular flexibility index (Phi) is 5.25. The molecular formula is C17H23N3O3. The van der Waals surface area contributed by atoms with E-state index in [1.807, 2.05) is 18.2 Å². The lowest BCUT2D eigenvalue weighted by Crippen LogP contribution is -2.47. The number of amides is 2. The van der Waals surface area contributed by atoms with E-state index >= 15 is 0 Å². The molecule has 124 valence electrons. The van der Waals surface area contributed by atoms with Crippen molar-refractivity contribution in [2.45, 2.75) is 13.0 Å². The van der Waals surface area contributed by atoms with Crippen molar-refractivity contribution in [3.05, 3.63) is 35.4 Å².